The molecule has 0 saturated heterocycles. The van der Waals surface area contributed by atoms with Crippen LogP contribution >= 0.6 is 0 Å². The third-order valence-corrected chi connectivity index (χ3v) is 3.53. The van der Waals surface area contributed by atoms with E-state index in [9.17, 15) is 0 Å². The first-order valence-electron chi connectivity index (χ1n) is 11.1. The Kier molecular flexibility index (Phi) is 48.0. The lowest BCUT2D eigenvalue weighted by Crippen LogP contribution is -2.04. The average molecular weight is 555 g/mol. The second-order valence-electron chi connectivity index (χ2n) is 6.60. The van der Waals surface area contributed by atoms with Crippen molar-refractivity contribution in [1.82, 2.24) is 10.6 Å². The maximum Gasteiger partial charge on any atom is 0.194 e. The summed E-state index contributed by atoms with van der Waals surface area (Å²) in [7, 11) is 7.18. The molecule has 6 N–H and O–H groups in total. The molecule has 0 heterocycles. The minimum Gasteiger partial charge on any atom is -0.333 e. The van der Waals surface area contributed by atoms with Crippen LogP contribution in [-0.2, 0) is 19.6 Å². The summed E-state index contributed by atoms with van der Waals surface area (Å²) in [6.07, 6.45) is 0. The van der Waals surface area contributed by atoms with Gasteiger partial charge in [0.15, 0.2) is 14.1 Å². The van der Waals surface area contributed by atoms with Gasteiger partial charge in [-0.3, -0.25) is 24.9 Å². The molecule has 3 aromatic carbocycles. The third-order valence-electron chi connectivity index (χ3n) is 3.53. The molecule has 0 radical (unpaired) electrons. The first-order valence-corrected chi connectivity index (χ1v) is 11.1. The first kappa shape index (κ1) is 48.3. The predicted octanol–water partition coefficient (Wildman–Crippen LogP) is 4.74. The number of nitrogens with one attached hydrogen (secondary N) is 2. The van der Waals surface area contributed by atoms with Crippen LogP contribution in [0.2, 0.25) is 0 Å². The lowest BCUT2D eigenvalue weighted by Gasteiger charge is -1.95. The summed E-state index contributed by atoms with van der Waals surface area (Å²) in [5.41, 5.74) is 13.7. The largest absolute Gasteiger partial charge is 0.333 e. The van der Waals surface area contributed by atoms with E-state index in [1.165, 1.54) is 23.7 Å². The Morgan fingerprint density at radius 3 is 0.974 bits per heavy atom. The van der Waals surface area contributed by atoms with Gasteiger partial charge in [0, 0.05) is 29.5 Å². The fraction of sp³-hybridized carbons (Fsp3) is 0.357. The number of nitrogens with two attached hydrogens (primary N) is 2. The highest BCUT2D eigenvalue weighted by molar-refractivity contribution is 5.15. The molecule has 0 spiro atoms. The van der Waals surface area contributed by atoms with Crippen molar-refractivity contribution in [2.45, 2.75) is 34.5 Å². The highest BCUT2D eigenvalue weighted by atomic mass is 19.0. The average Bonchev–Trinajstić information content (AvgIpc) is 2.88. The number of rotatable bonds is 5. The van der Waals surface area contributed by atoms with Crippen molar-refractivity contribution in [3.63, 3.8) is 0 Å². The summed E-state index contributed by atoms with van der Waals surface area (Å²) >= 11 is 0. The zero-order valence-electron chi connectivity index (χ0n) is 22.4. The second kappa shape index (κ2) is 38.8. The quantitative estimate of drug-likeness (QED) is 0.259. The van der Waals surface area contributed by atoms with Crippen LogP contribution in [0.1, 0.15) is 31.5 Å². The second-order valence-corrected chi connectivity index (χ2v) is 6.60. The monoisotopic (exact) mass is 554 g/mol. The van der Waals surface area contributed by atoms with Crippen molar-refractivity contribution >= 4 is 0 Å². The fourth-order valence-corrected chi connectivity index (χ4v) is 2.21. The van der Waals surface area contributed by atoms with Crippen LogP contribution < -0.4 is 22.1 Å². The van der Waals surface area contributed by atoms with E-state index in [1.807, 2.05) is 80.8 Å². The molecule has 0 aliphatic heterocycles. The maximum atomic E-state index is 8.81. The van der Waals surface area contributed by atoms with Crippen LogP contribution in [0.4, 0.5) is 4.70 Å². The Labute approximate surface area is 234 Å². The van der Waals surface area contributed by atoms with Crippen molar-refractivity contribution in [3.05, 3.63) is 128 Å². The SMILES string of the molecule is C.C.CN.CNCc1ccccc1.CNCc1ccccc1.C[N+](=O)[O-].C[N+](=O)[O-].F.NCc1ccccc1. The van der Waals surface area contributed by atoms with Gasteiger partial charge in [0.1, 0.15) is 0 Å². The smallest absolute Gasteiger partial charge is 0.194 e. The van der Waals surface area contributed by atoms with Crippen LogP contribution in [0.25, 0.3) is 0 Å². The summed E-state index contributed by atoms with van der Waals surface area (Å²) in [4.78, 5) is 16.6. The van der Waals surface area contributed by atoms with E-state index in [2.05, 4.69) is 40.6 Å². The normalized spacial score (nSPS) is 7.67. The number of hydrogen-bond donors (Lipinski definition) is 4. The molecule has 224 valence electrons. The molecule has 0 amide bonds. The molecule has 0 fully saturated rings. The van der Waals surface area contributed by atoms with E-state index in [4.69, 9.17) is 26.0 Å². The molecule has 0 aliphatic rings. The van der Waals surface area contributed by atoms with Gasteiger partial charge >= 0.3 is 0 Å². The predicted molar refractivity (Wildman–Crippen MR) is 165 cm³/mol. The van der Waals surface area contributed by atoms with Gasteiger partial charge in [-0.05, 0) is 37.8 Å². The van der Waals surface area contributed by atoms with Gasteiger partial charge in [-0.15, -0.1) is 0 Å². The van der Waals surface area contributed by atoms with Crippen molar-refractivity contribution in [2.24, 2.45) is 11.5 Å². The highest BCUT2D eigenvalue weighted by Gasteiger charge is 1.84. The van der Waals surface area contributed by atoms with Crippen LogP contribution in [0.5, 0.6) is 0 Å². The number of benzene rings is 3. The zero-order chi connectivity index (χ0) is 28.0. The van der Waals surface area contributed by atoms with E-state index < -0.39 is 9.85 Å². The fourth-order valence-electron chi connectivity index (χ4n) is 2.21. The minimum absolute atomic E-state index is 0. The standard InChI is InChI=1S/2C8H11N.C7H9N.2CH3NO2.CH5N.2CH4.FH/c2*1-9-7-8-5-3-2-4-6-8;8-6-7-4-2-1-3-5-7;2*1-2(3)4;1-2;;;/h2*2-6,9H,7H2,1H3;1-5H,6,8H2;2*1H3;2H2,1H3;2*1H4;1H. The minimum atomic E-state index is -0.500. The van der Waals surface area contributed by atoms with Gasteiger partial charge in [0.05, 0.1) is 0 Å². The van der Waals surface area contributed by atoms with Crippen molar-refractivity contribution in [2.75, 3.05) is 35.2 Å². The van der Waals surface area contributed by atoms with E-state index in [0.717, 1.165) is 27.2 Å². The van der Waals surface area contributed by atoms with Crippen molar-refractivity contribution in [3.8, 4) is 0 Å². The van der Waals surface area contributed by atoms with Crippen molar-refractivity contribution in [1.29, 1.82) is 0 Å². The Balaban J connectivity index is -0.0000000872. The molecule has 0 bridgehead atoms. The molecular formula is C28H51FN6O4. The molecule has 0 unspecified atom stereocenters. The van der Waals surface area contributed by atoms with Crippen molar-refractivity contribution < 1.29 is 14.6 Å². The van der Waals surface area contributed by atoms with Crippen LogP contribution in [0.3, 0.4) is 0 Å². The Bertz CT molecular complexity index is 800. The van der Waals surface area contributed by atoms with Crippen LogP contribution in [-0.4, -0.2) is 45.1 Å². The molecule has 10 nitrogen and oxygen atoms in total. The Morgan fingerprint density at radius 1 is 0.615 bits per heavy atom. The van der Waals surface area contributed by atoms with Gasteiger partial charge in [0.2, 0.25) is 0 Å². The summed E-state index contributed by atoms with van der Waals surface area (Å²) in [5.74, 6) is 0. The molecule has 3 rings (SSSR count). The lowest BCUT2D eigenvalue weighted by atomic mass is 10.2. The summed E-state index contributed by atoms with van der Waals surface area (Å²) < 4.78 is 0. The van der Waals surface area contributed by atoms with Gasteiger partial charge in [0.25, 0.3) is 0 Å². The Morgan fingerprint density at radius 2 is 0.821 bits per heavy atom. The van der Waals surface area contributed by atoms with E-state index in [0.29, 0.717) is 6.54 Å². The highest BCUT2D eigenvalue weighted by Crippen LogP contribution is 1.96. The third kappa shape index (κ3) is 44.6. The molecule has 39 heavy (non-hydrogen) atoms. The topological polar surface area (TPSA) is 162 Å². The lowest BCUT2D eigenvalue weighted by molar-refractivity contribution is -0.445. The van der Waals surface area contributed by atoms with Crippen LogP contribution in [0, 0.1) is 20.2 Å². The number of halogens is 1. The van der Waals surface area contributed by atoms with Gasteiger partial charge < -0.3 is 22.1 Å². The van der Waals surface area contributed by atoms with Gasteiger partial charge in [-0.1, -0.05) is 106 Å². The van der Waals surface area contributed by atoms with E-state index >= 15 is 0 Å². The molecule has 0 saturated carbocycles. The molecular weight excluding hydrogens is 503 g/mol. The molecule has 3 aromatic rings. The first-order chi connectivity index (χ1) is 17.3. The van der Waals surface area contributed by atoms with Gasteiger partial charge in [-0.2, -0.15) is 0 Å². The summed E-state index contributed by atoms with van der Waals surface area (Å²) in [5, 5.41) is 23.8. The van der Waals surface area contributed by atoms with Gasteiger partial charge in [-0.25, -0.2) is 0 Å². The number of hydrogen-bond acceptors (Lipinski definition) is 8. The number of nitro groups is 2. The zero-order valence-corrected chi connectivity index (χ0v) is 22.4. The van der Waals surface area contributed by atoms with Crippen LogP contribution in [0.15, 0.2) is 91.0 Å². The van der Waals surface area contributed by atoms with E-state index in [-0.39, 0.29) is 19.6 Å². The molecule has 0 atom stereocenters. The summed E-state index contributed by atoms with van der Waals surface area (Å²) in [6.45, 7) is 2.56. The molecule has 0 aromatic heterocycles. The van der Waals surface area contributed by atoms with E-state index in [1.54, 1.807) is 0 Å². The Hall–Kier alpha value is -3.77. The maximum absolute atomic E-state index is 8.81. The molecule has 11 heteroatoms. The molecule has 0 aliphatic carbocycles. The number of nitrogens with zero attached hydrogens (tertiary/aromatic N) is 2. The summed E-state index contributed by atoms with van der Waals surface area (Å²) in [6, 6.07) is 30.7.